The Balaban J connectivity index is 2.35. The summed E-state index contributed by atoms with van der Waals surface area (Å²) in [6.45, 7) is 6.11. The lowest BCUT2D eigenvalue weighted by molar-refractivity contribution is 0.284. The van der Waals surface area contributed by atoms with Gasteiger partial charge in [-0.05, 0) is 20.9 Å². The first-order valence-electron chi connectivity index (χ1n) is 5.01. The third kappa shape index (κ3) is 4.01. The monoisotopic (exact) mass is 228 g/mol. The molecule has 5 heteroatoms. The lowest BCUT2D eigenvalue weighted by Crippen LogP contribution is -2.31. The van der Waals surface area contributed by atoms with E-state index in [0.717, 1.165) is 13.1 Å². The van der Waals surface area contributed by atoms with Gasteiger partial charge in [0.2, 0.25) is 0 Å². The summed E-state index contributed by atoms with van der Waals surface area (Å²) in [7, 11) is 2.09. The highest BCUT2D eigenvalue weighted by molar-refractivity contribution is 6.32. The van der Waals surface area contributed by atoms with Crippen molar-refractivity contribution >= 4 is 17.4 Å². The molecule has 0 saturated carbocycles. The summed E-state index contributed by atoms with van der Waals surface area (Å²) in [6, 6.07) is 0.549. The van der Waals surface area contributed by atoms with Gasteiger partial charge in [-0.25, -0.2) is 9.97 Å². The van der Waals surface area contributed by atoms with Crippen LogP contribution in [0.3, 0.4) is 0 Å². The minimum Gasteiger partial charge on any atom is -0.367 e. The second-order valence-electron chi connectivity index (χ2n) is 3.72. The first-order chi connectivity index (χ1) is 7.11. The summed E-state index contributed by atoms with van der Waals surface area (Å²) in [5, 5.41) is 3.73. The fourth-order valence-corrected chi connectivity index (χ4v) is 1.22. The van der Waals surface area contributed by atoms with E-state index in [-0.39, 0.29) is 0 Å². The first-order valence-corrected chi connectivity index (χ1v) is 5.38. The van der Waals surface area contributed by atoms with E-state index in [1.165, 1.54) is 6.33 Å². The summed E-state index contributed by atoms with van der Waals surface area (Å²) in [6.07, 6.45) is 3.07. The number of rotatable bonds is 5. The second kappa shape index (κ2) is 5.88. The van der Waals surface area contributed by atoms with Crippen molar-refractivity contribution in [3.63, 3.8) is 0 Å². The van der Waals surface area contributed by atoms with Gasteiger partial charge in [0.1, 0.15) is 17.2 Å². The van der Waals surface area contributed by atoms with Gasteiger partial charge in [0.15, 0.2) is 0 Å². The quantitative estimate of drug-likeness (QED) is 0.836. The lowest BCUT2D eigenvalue weighted by atomic mass is 10.3. The van der Waals surface area contributed by atoms with Crippen molar-refractivity contribution in [3.05, 3.63) is 17.5 Å². The van der Waals surface area contributed by atoms with E-state index >= 15 is 0 Å². The molecule has 84 valence electrons. The number of aromatic nitrogens is 2. The lowest BCUT2D eigenvalue weighted by Gasteiger charge is -2.21. The van der Waals surface area contributed by atoms with Gasteiger partial charge >= 0.3 is 0 Å². The normalized spacial score (nSPS) is 11.1. The Morgan fingerprint density at radius 2 is 2.27 bits per heavy atom. The number of nitrogens with zero attached hydrogens (tertiary/aromatic N) is 3. The Labute approximate surface area is 95.7 Å². The number of halogens is 1. The van der Waals surface area contributed by atoms with Crippen LogP contribution in [-0.4, -0.2) is 41.0 Å². The van der Waals surface area contributed by atoms with Crippen LogP contribution < -0.4 is 5.32 Å². The molecule has 1 heterocycles. The van der Waals surface area contributed by atoms with Crippen molar-refractivity contribution in [2.45, 2.75) is 19.9 Å². The molecule has 0 saturated heterocycles. The van der Waals surface area contributed by atoms with Crippen molar-refractivity contribution in [2.24, 2.45) is 0 Å². The molecule has 15 heavy (non-hydrogen) atoms. The molecule has 1 N–H and O–H groups in total. The van der Waals surface area contributed by atoms with Crippen LogP contribution in [0.25, 0.3) is 0 Å². The molecule has 1 aromatic rings. The summed E-state index contributed by atoms with van der Waals surface area (Å²) in [5.41, 5.74) is 0. The molecule has 0 bridgehead atoms. The van der Waals surface area contributed by atoms with Crippen molar-refractivity contribution in [2.75, 3.05) is 25.5 Å². The van der Waals surface area contributed by atoms with Gasteiger partial charge in [-0.2, -0.15) is 0 Å². The summed E-state index contributed by atoms with van der Waals surface area (Å²) < 4.78 is 0. The maximum atomic E-state index is 5.90. The number of likely N-dealkylation sites (N-methyl/N-ethyl adjacent to an activating group) is 1. The highest BCUT2D eigenvalue weighted by atomic mass is 35.5. The first kappa shape index (κ1) is 12.2. The number of hydrogen-bond donors (Lipinski definition) is 1. The average molecular weight is 229 g/mol. The smallest absolute Gasteiger partial charge is 0.148 e. The van der Waals surface area contributed by atoms with Gasteiger partial charge < -0.3 is 10.2 Å². The summed E-state index contributed by atoms with van der Waals surface area (Å²) in [5.74, 6) is 0.698. The fraction of sp³-hybridized carbons (Fsp3) is 0.600. The molecular weight excluding hydrogens is 212 g/mol. The van der Waals surface area contributed by atoms with E-state index < -0.39 is 0 Å². The third-order valence-electron chi connectivity index (χ3n) is 2.31. The predicted octanol–water partition coefficient (Wildman–Crippen LogP) is 1.88. The Kier molecular flexibility index (Phi) is 4.78. The second-order valence-corrected chi connectivity index (χ2v) is 4.13. The van der Waals surface area contributed by atoms with E-state index in [1.807, 2.05) is 0 Å². The van der Waals surface area contributed by atoms with Gasteiger partial charge in [-0.3, -0.25) is 0 Å². The Hall–Kier alpha value is -0.870. The molecule has 0 aliphatic carbocycles. The Morgan fingerprint density at radius 3 is 2.87 bits per heavy atom. The average Bonchev–Trinajstić information content (AvgIpc) is 2.20. The van der Waals surface area contributed by atoms with E-state index in [0.29, 0.717) is 16.9 Å². The highest BCUT2D eigenvalue weighted by Gasteiger charge is 2.03. The van der Waals surface area contributed by atoms with Crippen LogP contribution in [0, 0.1) is 0 Å². The molecule has 0 spiro atoms. The van der Waals surface area contributed by atoms with E-state index in [2.05, 4.69) is 41.1 Å². The zero-order valence-electron chi connectivity index (χ0n) is 9.37. The number of anilines is 1. The van der Waals surface area contributed by atoms with Crippen molar-refractivity contribution in [3.8, 4) is 0 Å². The molecule has 0 radical (unpaired) electrons. The number of nitrogens with one attached hydrogen (secondary N) is 1. The van der Waals surface area contributed by atoms with Crippen molar-refractivity contribution in [1.82, 2.24) is 14.9 Å². The van der Waals surface area contributed by atoms with E-state index in [1.54, 1.807) is 6.20 Å². The van der Waals surface area contributed by atoms with Crippen LogP contribution in [0.4, 0.5) is 5.82 Å². The maximum Gasteiger partial charge on any atom is 0.148 e. The molecule has 1 aromatic heterocycles. The minimum atomic E-state index is 0.549. The summed E-state index contributed by atoms with van der Waals surface area (Å²) in [4.78, 5) is 10.1. The van der Waals surface area contributed by atoms with Crippen LogP contribution in [0.2, 0.25) is 5.02 Å². The van der Waals surface area contributed by atoms with Crippen LogP contribution in [0.15, 0.2) is 12.5 Å². The van der Waals surface area contributed by atoms with Crippen LogP contribution in [0.5, 0.6) is 0 Å². The molecule has 0 fully saturated rings. The largest absolute Gasteiger partial charge is 0.367 e. The highest BCUT2D eigenvalue weighted by Crippen LogP contribution is 2.15. The van der Waals surface area contributed by atoms with Gasteiger partial charge in [0, 0.05) is 19.1 Å². The van der Waals surface area contributed by atoms with E-state index in [9.17, 15) is 0 Å². The van der Waals surface area contributed by atoms with Gasteiger partial charge in [-0.15, -0.1) is 0 Å². The fourth-order valence-electron chi connectivity index (χ4n) is 1.05. The van der Waals surface area contributed by atoms with Gasteiger partial charge in [0.25, 0.3) is 0 Å². The summed E-state index contributed by atoms with van der Waals surface area (Å²) >= 11 is 5.90. The van der Waals surface area contributed by atoms with Crippen LogP contribution >= 0.6 is 11.6 Å². The van der Waals surface area contributed by atoms with Crippen LogP contribution in [0.1, 0.15) is 13.8 Å². The van der Waals surface area contributed by atoms with Crippen molar-refractivity contribution in [1.29, 1.82) is 0 Å². The molecule has 0 unspecified atom stereocenters. The standard InChI is InChI=1S/C10H17ClN4/c1-8(2)15(3)5-4-13-10-9(11)6-12-7-14-10/h6-8H,4-5H2,1-3H3,(H,12,13,14). The molecule has 1 rings (SSSR count). The van der Waals surface area contributed by atoms with Crippen LogP contribution in [-0.2, 0) is 0 Å². The molecule has 4 nitrogen and oxygen atoms in total. The topological polar surface area (TPSA) is 41.0 Å². The van der Waals surface area contributed by atoms with Gasteiger partial charge in [-0.1, -0.05) is 11.6 Å². The molecule has 0 amide bonds. The zero-order valence-corrected chi connectivity index (χ0v) is 10.1. The van der Waals surface area contributed by atoms with E-state index in [4.69, 9.17) is 11.6 Å². The number of hydrogen-bond acceptors (Lipinski definition) is 4. The molecule has 0 aliphatic heterocycles. The van der Waals surface area contributed by atoms with Gasteiger partial charge in [0.05, 0.1) is 6.20 Å². The Morgan fingerprint density at radius 1 is 1.53 bits per heavy atom. The molecular formula is C10H17ClN4. The predicted molar refractivity (Wildman–Crippen MR) is 63.3 cm³/mol. The SMILES string of the molecule is CC(C)N(C)CCNc1ncncc1Cl. The minimum absolute atomic E-state index is 0.549. The zero-order chi connectivity index (χ0) is 11.3. The maximum absolute atomic E-state index is 5.90. The molecule has 0 atom stereocenters. The molecule has 0 aromatic carbocycles. The third-order valence-corrected chi connectivity index (χ3v) is 2.58. The molecule has 0 aliphatic rings. The van der Waals surface area contributed by atoms with Crippen molar-refractivity contribution < 1.29 is 0 Å². The Bertz CT molecular complexity index is 303.